The second-order valence-electron chi connectivity index (χ2n) is 8.85. The minimum Gasteiger partial charge on any atom is -0.484 e. The van der Waals surface area contributed by atoms with Crippen LogP contribution >= 0.6 is 11.6 Å². The molecular weight excluding hydrogens is 458 g/mol. The highest BCUT2D eigenvalue weighted by atomic mass is 35.5. The maximum Gasteiger partial charge on any atom is 0.391 e. The average molecular weight is 478 g/mol. The Morgan fingerprint density at radius 1 is 1.12 bits per heavy atom. The lowest BCUT2D eigenvalue weighted by Crippen LogP contribution is -2.79. The molecule has 1 aromatic carbocycles. The largest absolute Gasteiger partial charge is 0.484 e. The SMILES string of the molecule is O=C(COc1ccc(Cl)c(F)c1)NC12CC(C(=O)NNC(=O)C3CC(C(F)(F)F)C3)(C1)C2. The molecule has 0 atom stereocenters. The van der Waals surface area contributed by atoms with E-state index in [0.29, 0.717) is 19.3 Å². The second kappa shape index (κ2) is 7.79. The van der Waals surface area contributed by atoms with Crippen molar-refractivity contribution in [2.45, 2.75) is 43.8 Å². The number of hydrogen-bond acceptors (Lipinski definition) is 4. The van der Waals surface area contributed by atoms with Crippen LogP contribution in [0.1, 0.15) is 32.1 Å². The molecule has 0 heterocycles. The summed E-state index contributed by atoms with van der Waals surface area (Å²) in [4.78, 5) is 36.3. The van der Waals surface area contributed by atoms with E-state index in [1.165, 1.54) is 12.1 Å². The number of alkyl halides is 3. The third kappa shape index (κ3) is 4.22. The number of carbonyl (C=O) groups excluding carboxylic acids is 3. The molecule has 4 fully saturated rings. The van der Waals surface area contributed by atoms with Crippen LogP contribution in [0.2, 0.25) is 5.02 Å². The van der Waals surface area contributed by atoms with Gasteiger partial charge in [0.05, 0.1) is 16.4 Å². The minimum absolute atomic E-state index is 0.0615. The number of ether oxygens (including phenoxy) is 1. The predicted molar refractivity (Wildman–Crippen MR) is 103 cm³/mol. The van der Waals surface area contributed by atoms with Crippen molar-refractivity contribution < 1.29 is 36.7 Å². The summed E-state index contributed by atoms with van der Waals surface area (Å²) < 4.78 is 56.1. The lowest BCUT2D eigenvalue weighted by atomic mass is 9.39. The number of carbonyl (C=O) groups is 3. The van der Waals surface area contributed by atoms with Crippen molar-refractivity contribution >= 4 is 29.3 Å². The van der Waals surface area contributed by atoms with Crippen LogP contribution in [0, 0.1) is 23.1 Å². The summed E-state index contributed by atoms with van der Waals surface area (Å²) in [6.07, 6.45) is -3.74. The first-order valence-electron chi connectivity index (χ1n) is 9.97. The van der Waals surface area contributed by atoms with E-state index in [9.17, 15) is 31.9 Å². The van der Waals surface area contributed by atoms with Crippen LogP contribution in [0.15, 0.2) is 18.2 Å². The van der Waals surface area contributed by atoms with E-state index < -0.39 is 52.5 Å². The molecule has 0 aliphatic heterocycles. The highest BCUT2D eigenvalue weighted by Crippen LogP contribution is 2.67. The van der Waals surface area contributed by atoms with Gasteiger partial charge in [-0.25, -0.2) is 4.39 Å². The van der Waals surface area contributed by atoms with Gasteiger partial charge in [-0.15, -0.1) is 0 Å². The fourth-order valence-electron chi connectivity index (χ4n) is 4.66. The van der Waals surface area contributed by atoms with E-state index in [1.54, 1.807) is 0 Å². The zero-order valence-corrected chi connectivity index (χ0v) is 17.4. The average Bonchev–Trinajstić information content (AvgIpc) is 2.60. The summed E-state index contributed by atoms with van der Waals surface area (Å²) >= 11 is 5.58. The van der Waals surface area contributed by atoms with Crippen LogP contribution in [0.4, 0.5) is 17.6 Å². The van der Waals surface area contributed by atoms with Crippen molar-refractivity contribution in [1.29, 1.82) is 0 Å². The van der Waals surface area contributed by atoms with E-state index >= 15 is 0 Å². The lowest BCUT2D eigenvalue weighted by Gasteiger charge is -2.68. The first-order valence-corrected chi connectivity index (χ1v) is 10.4. The van der Waals surface area contributed by atoms with E-state index in [1.807, 2.05) is 0 Å². The van der Waals surface area contributed by atoms with Gasteiger partial charge in [-0.3, -0.25) is 25.2 Å². The van der Waals surface area contributed by atoms with Gasteiger partial charge in [0.2, 0.25) is 11.8 Å². The molecule has 5 rings (SSSR count). The first kappa shape index (κ1) is 22.6. The number of amides is 3. The van der Waals surface area contributed by atoms with Crippen molar-refractivity contribution in [3.05, 3.63) is 29.0 Å². The normalized spacial score (nSPS) is 30.2. The Labute approximate surface area is 185 Å². The number of hydrogen-bond donors (Lipinski definition) is 3. The number of halogens is 5. The third-order valence-electron chi connectivity index (χ3n) is 6.45. The van der Waals surface area contributed by atoms with Gasteiger partial charge in [-0.2, -0.15) is 13.2 Å². The van der Waals surface area contributed by atoms with Gasteiger partial charge in [0.15, 0.2) is 6.61 Å². The van der Waals surface area contributed by atoms with E-state index in [2.05, 4.69) is 16.2 Å². The van der Waals surface area contributed by atoms with Crippen LogP contribution in [-0.2, 0) is 14.4 Å². The molecule has 4 saturated carbocycles. The minimum atomic E-state index is -4.30. The molecule has 3 amide bonds. The molecule has 1 aromatic rings. The Morgan fingerprint density at radius 3 is 2.38 bits per heavy atom. The highest BCUT2D eigenvalue weighted by molar-refractivity contribution is 6.30. The van der Waals surface area contributed by atoms with Crippen LogP contribution < -0.4 is 20.9 Å². The Balaban J connectivity index is 1.15. The Kier molecular flexibility index (Phi) is 5.51. The van der Waals surface area contributed by atoms with Crippen molar-refractivity contribution in [3.8, 4) is 5.75 Å². The summed E-state index contributed by atoms with van der Waals surface area (Å²) in [6.45, 7) is -0.335. The number of hydrazine groups is 1. The maximum absolute atomic E-state index is 13.4. The summed E-state index contributed by atoms with van der Waals surface area (Å²) in [5.74, 6) is -4.24. The number of nitrogens with one attached hydrogen (secondary N) is 3. The lowest BCUT2D eigenvalue weighted by molar-refractivity contribution is -0.205. The standard InChI is InChI=1S/C20H20ClF4N3O4/c21-13-2-1-12(5-14(13)22)32-6-15(29)26-19-7-18(8-19,9-19)17(31)28-27-16(30)10-3-11(4-10)20(23,24)25/h1-2,5,10-11H,3-4,6-9H2,(H,26,29)(H,27,30)(H,28,31). The van der Waals surface area contributed by atoms with E-state index in [4.69, 9.17) is 16.3 Å². The molecule has 12 heteroatoms. The maximum atomic E-state index is 13.4. The molecule has 0 spiro atoms. The topological polar surface area (TPSA) is 96.5 Å². The highest BCUT2D eigenvalue weighted by Gasteiger charge is 2.72. The number of rotatable bonds is 6. The molecule has 4 aliphatic carbocycles. The molecule has 0 aromatic heterocycles. The molecule has 0 radical (unpaired) electrons. The monoisotopic (exact) mass is 477 g/mol. The molecular formula is C20H20ClF4N3O4. The molecule has 2 bridgehead atoms. The summed E-state index contributed by atoms with van der Waals surface area (Å²) in [7, 11) is 0. The summed E-state index contributed by atoms with van der Waals surface area (Å²) in [5.41, 5.74) is 3.25. The first-order chi connectivity index (χ1) is 14.9. The molecule has 0 unspecified atom stereocenters. The van der Waals surface area contributed by atoms with Gasteiger partial charge in [0.1, 0.15) is 11.6 Å². The molecule has 174 valence electrons. The molecule has 0 saturated heterocycles. The van der Waals surface area contributed by atoms with Crippen LogP contribution in [0.5, 0.6) is 5.75 Å². The molecule has 3 N–H and O–H groups in total. The van der Waals surface area contributed by atoms with Crippen LogP contribution in [0.25, 0.3) is 0 Å². The van der Waals surface area contributed by atoms with Gasteiger partial charge < -0.3 is 10.1 Å². The molecule has 32 heavy (non-hydrogen) atoms. The Bertz CT molecular complexity index is 945. The summed E-state index contributed by atoms with van der Waals surface area (Å²) in [5, 5.41) is 2.74. The van der Waals surface area contributed by atoms with Crippen LogP contribution in [0.3, 0.4) is 0 Å². The smallest absolute Gasteiger partial charge is 0.391 e. The van der Waals surface area contributed by atoms with Crippen LogP contribution in [-0.4, -0.2) is 36.0 Å². The fraction of sp³-hybridized carbons (Fsp3) is 0.550. The zero-order chi connectivity index (χ0) is 23.3. The molecule has 7 nitrogen and oxygen atoms in total. The van der Waals surface area contributed by atoms with E-state index in [0.717, 1.165) is 6.07 Å². The Morgan fingerprint density at radius 2 is 1.78 bits per heavy atom. The van der Waals surface area contributed by atoms with E-state index in [-0.39, 0.29) is 30.2 Å². The van der Waals surface area contributed by atoms with Gasteiger partial charge in [0.25, 0.3) is 5.91 Å². The zero-order valence-electron chi connectivity index (χ0n) is 16.7. The van der Waals surface area contributed by atoms with Gasteiger partial charge in [-0.1, -0.05) is 11.6 Å². The van der Waals surface area contributed by atoms with Gasteiger partial charge in [0, 0.05) is 17.5 Å². The predicted octanol–water partition coefficient (Wildman–Crippen LogP) is 2.63. The van der Waals surface area contributed by atoms with Crippen molar-refractivity contribution in [2.24, 2.45) is 17.3 Å². The second-order valence-corrected chi connectivity index (χ2v) is 9.26. The van der Waals surface area contributed by atoms with Crippen molar-refractivity contribution in [2.75, 3.05) is 6.61 Å². The molecule has 4 aliphatic rings. The van der Waals surface area contributed by atoms with Crippen molar-refractivity contribution in [1.82, 2.24) is 16.2 Å². The van der Waals surface area contributed by atoms with Gasteiger partial charge >= 0.3 is 6.18 Å². The third-order valence-corrected chi connectivity index (χ3v) is 6.76. The fourth-order valence-corrected chi connectivity index (χ4v) is 4.78. The summed E-state index contributed by atoms with van der Waals surface area (Å²) in [6, 6.07) is 3.81. The quantitative estimate of drug-likeness (QED) is 0.433. The van der Waals surface area contributed by atoms with Crippen molar-refractivity contribution in [3.63, 3.8) is 0 Å². The van der Waals surface area contributed by atoms with Gasteiger partial charge in [-0.05, 0) is 44.2 Å². The Hall–Kier alpha value is -2.56. The number of benzene rings is 1.